The molecule has 2 aromatic carbocycles. The van der Waals surface area contributed by atoms with Crippen molar-refractivity contribution < 1.29 is 0 Å². The Morgan fingerprint density at radius 2 is 0.475 bits per heavy atom. The normalized spacial score (nSPS) is 12.3. The topological polar surface area (TPSA) is 0 Å². The summed E-state index contributed by atoms with van der Waals surface area (Å²) in [6.45, 7) is 9.25. The average Bonchev–Trinajstić information content (AvgIpc) is 4.29. The summed E-state index contributed by atoms with van der Waals surface area (Å²) < 4.78 is 10.2. The van der Waals surface area contributed by atoms with Crippen molar-refractivity contribution >= 4 is 128 Å². The van der Waals surface area contributed by atoms with Gasteiger partial charge >= 0.3 is 241 Å². The first-order chi connectivity index (χ1) is 38.9. The molecule has 0 saturated heterocycles. The zero-order valence-electron chi connectivity index (χ0n) is 54.2. The molecule has 80 heavy (non-hydrogen) atoms. The fraction of sp³-hybridized carbons (Fsp3) is 0.730. The van der Waals surface area contributed by atoms with Gasteiger partial charge in [-0.2, -0.15) is 0 Å². The summed E-state index contributed by atoms with van der Waals surface area (Å²) in [7, 11) is 0. The van der Waals surface area contributed by atoms with Crippen LogP contribution in [-0.4, -0.2) is 36.8 Å². The molecule has 0 fully saturated rings. The zero-order valence-corrected chi connectivity index (χ0v) is 63.2. The molecule has 0 bridgehead atoms. The number of hydrogen-bond donors (Lipinski definition) is 0. The molecule has 0 N–H and O–H groups in total. The molecule has 0 radical (unpaired) electrons. The molecule has 4 heterocycles. The van der Waals surface area contributed by atoms with Crippen molar-refractivity contribution in [2.24, 2.45) is 0 Å². The molecule has 0 unspecified atom stereocenters. The van der Waals surface area contributed by atoms with Gasteiger partial charge in [-0.3, -0.25) is 0 Å². The van der Waals surface area contributed by atoms with Crippen LogP contribution in [0.15, 0.2) is 35.0 Å². The van der Waals surface area contributed by atoms with Gasteiger partial charge in [-0.05, 0) is 70.5 Å². The summed E-state index contributed by atoms with van der Waals surface area (Å²) >= 11 is 4.12. The van der Waals surface area contributed by atoms with E-state index < -0.39 is 36.8 Å². The molecule has 0 spiro atoms. The van der Waals surface area contributed by atoms with Crippen LogP contribution >= 0.6 is 45.3 Å². The first-order valence-electron chi connectivity index (χ1n) is 34.8. The van der Waals surface area contributed by atoms with Gasteiger partial charge in [0.25, 0.3) is 0 Å². The minimum atomic E-state index is -2.16. The van der Waals surface area contributed by atoms with Gasteiger partial charge in [-0.1, -0.05) is 182 Å². The van der Waals surface area contributed by atoms with Crippen LogP contribution in [0.4, 0.5) is 0 Å². The third kappa shape index (κ3) is 24.9. The van der Waals surface area contributed by atoms with Crippen LogP contribution in [0.1, 0.15) is 307 Å². The second-order valence-electron chi connectivity index (χ2n) is 27.2. The quantitative estimate of drug-likeness (QED) is 0.0264. The molecule has 0 saturated carbocycles. The zero-order chi connectivity index (χ0) is 57.3. The van der Waals surface area contributed by atoms with Gasteiger partial charge in [-0.15, -0.1) is 22.7 Å². The van der Waals surface area contributed by atoms with Gasteiger partial charge in [0.2, 0.25) is 0 Å². The minimum Gasteiger partial charge on any atom is -0.143 e. The van der Waals surface area contributed by atoms with Gasteiger partial charge in [0, 0.05) is 9.40 Å². The molecule has 0 atom stereocenters. The number of benzene rings is 2. The number of aryl methyl sites for hydroxylation is 4. The Morgan fingerprint density at radius 3 is 0.700 bits per heavy atom. The van der Waals surface area contributed by atoms with Crippen LogP contribution in [0.3, 0.4) is 0 Å². The van der Waals surface area contributed by atoms with Crippen LogP contribution in [0.5, 0.6) is 0 Å². The van der Waals surface area contributed by atoms with Gasteiger partial charge in [0.05, 0.1) is 0 Å². The van der Waals surface area contributed by atoms with Crippen molar-refractivity contribution in [2.75, 3.05) is 0 Å². The Bertz CT molecular complexity index is 2240. The third-order valence-electron chi connectivity index (χ3n) is 17.8. The van der Waals surface area contributed by atoms with Gasteiger partial charge in [-0.25, -0.2) is 0 Å². The van der Waals surface area contributed by atoms with Crippen LogP contribution in [-0.2, 0) is 25.7 Å². The number of rotatable bonds is 46. The summed E-state index contributed by atoms with van der Waals surface area (Å²) in [5.74, 6) is 0. The molecule has 6 rings (SSSR count). The Balaban J connectivity index is 0.000000300. The summed E-state index contributed by atoms with van der Waals surface area (Å²) in [5, 5.41) is 11.2. The largest absolute Gasteiger partial charge is 0.143 e. The molecule has 0 amide bonds. The molecule has 0 nitrogen and oxygen atoms in total. The summed E-state index contributed by atoms with van der Waals surface area (Å²) in [6, 6.07) is 10.3. The van der Waals surface area contributed by atoms with Crippen molar-refractivity contribution in [3.63, 3.8) is 0 Å². The predicted octanol–water partition coefficient (Wildman–Crippen LogP) is 27.2. The maximum absolute atomic E-state index is 2.73. The number of fused-ring (bicyclic) bond motifs is 4. The van der Waals surface area contributed by atoms with Crippen LogP contribution in [0.2, 0.25) is 29.6 Å². The fourth-order valence-corrected chi connectivity index (χ4v) is 27.6. The van der Waals surface area contributed by atoms with Crippen LogP contribution in [0, 0.1) is 0 Å². The van der Waals surface area contributed by atoms with Gasteiger partial charge in [0.15, 0.2) is 0 Å². The number of unbranched alkanes of at least 4 members (excludes halogenated alkanes) is 36. The fourth-order valence-electron chi connectivity index (χ4n) is 12.6. The van der Waals surface area contributed by atoms with E-state index in [-0.39, 0.29) is 0 Å². The van der Waals surface area contributed by atoms with Crippen molar-refractivity contribution in [3.8, 4) is 0 Å². The maximum atomic E-state index is 2.73. The molecule has 6 heteroatoms. The van der Waals surface area contributed by atoms with Crippen molar-refractivity contribution in [1.29, 1.82) is 0 Å². The van der Waals surface area contributed by atoms with E-state index in [0.717, 1.165) is 0 Å². The Labute approximate surface area is 520 Å². The minimum absolute atomic E-state index is 1.26. The molecule has 452 valence electrons. The van der Waals surface area contributed by atoms with Gasteiger partial charge in [0.1, 0.15) is 0 Å². The van der Waals surface area contributed by atoms with E-state index in [0.29, 0.717) is 0 Å². The predicted molar refractivity (Wildman–Crippen MR) is 383 cm³/mol. The number of thiophene rings is 4. The molecular formula is C74H124S4Sn2. The SMILES string of the molecule is CCCCCCCCCCCCc1c2c[c]([Sn]([CH3])([CH3])[CH3])sc2c(CCCCCCCCCCCC)c2c[c]([Sn]([CH3])([CH3])[CH3])sc12.CCCCCCCCCCCCc1c2ccsc2c(CCCCCCCCCCCC)c2ccsc12. The van der Waals surface area contributed by atoms with Crippen LogP contribution < -0.4 is 5.79 Å². The molecule has 6 aromatic rings. The molecule has 0 aliphatic heterocycles. The van der Waals surface area contributed by atoms with E-state index in [1.54, 1.807) is 68.4 Å². The van der Waals surface area contributed by atoms with E-state index >= 15 is 0 Å². The standard InChI is InChI=1S/C34H54S2.C34H52S2.6CH3.2Sn/c2*1-3-5-7-9-11-13-15-17-19-21-23-29-31-25-27-36-34(31)30(32-26-28-35-33(29)32)24-22-20-18-16-14-12-10-8-6-4-2;;;;;;;;/h25-28H,3-24H2,1-2H3;25-26H,3-24H2,1-2H3;6*1H3;;. The first kappa shape index (κ1) is 70.6. The summed E-state index contributed by atoms with van der Waals surface area (Å²) in [4.78, 5) is 15.7. The average molecular weight is 1380 g/mol. The van der Waals surface area contributed by atoms with Crippen molar-refractivity contribution in [2.45, 2.75) is 340 Å². The Kier molecular flexibility index (Phi) is 36.3. The van der Waals surface area contributed by atoms with Crippen molar-refractivity contribution in [3.05, 3.63) is 57.3 Å². The van der Waals surface area contributed by atoms with Crippen LogP contribution in [0.25, 0.3) is 40.3 Å². The molecule has 0 aliphatic carbocycles. The molecule has 0 aliphatic rings. The molecule has 4 aromatic heterocycles. The second-order valence-corrected chi connectivity index (χ2v) is 61.9. The van der Waals surface area contributed by atoms with Crippen molar-refractivity contribution in [1.82, 2.24) is 0 Å². The molecular weight excluding hydrogens is 1250 g/mol. The Hall–Kier alpha value is -0.123. The monoisotopic (exact) mass is 1380 g/mol. The van der Waals surface area contributed by atoms with E-state index in [2.05, 4.69) is 115 Å². The summed E-state index contributed by atoms with van der Waals surface area (Å²) in [5.41, 5.74) is 6.79. The third-order valence-corrected chi connectivity index (χ3v) is 41.0. The maximum Gasteiger partial charge on any atom is 0.0384 e. The van der Waals surface area contributed by atoms with E-state index in [4.69, 9.17) is 0 Å². The smallest absolute Gasteiger partial charge is 0.0384 e. The van der Waals surface area contributed by atoms with E-state index in [9.17, 15) is 0 Å². The Morgan fingerprint density at radius 1 is 0.263 bits per heavy atom. The first-order valence-corrected chi connectivity index (χ1v) is 58.2. The summed E-state index contributed by atoms with van der Waals surface area (Å²) in [6.07, 6.45) is 61.9. The van der Waals surface area contributed by atoms with Gasteiger partial charge < -0.3 is 0 Å². The second kappa shape index (κ2) is 41.1. The van der Waals surface area contributed by atoms with E-state index in [1.807, 2.05) is 22.7 Å². The van der Waals surface area contributed by atoms with E-state index in [1.165, 1.54) is 283 Å². The number of hydrogen-bond acceptors (Lipinski definition) is 4.